The average Bonchev–Trinajstić information content (AvgIpc) is 2.91. The summed E-state index contributed by atoms with van der Waals surface area (Å²) in [7, 11) is 1.50. The number of nitrogens with one attached hydrogen (secondary N) is 1. The minimum atomic E-state index is -0.458. The molecule has 0 unspecified atom stereocenters. The standard InChI is InChI=1S/C16H21N3O4/c1-16(2)12-8-18(9-13(12)16)15(20)17-7-10-6-11(19(21)22)4-5-14(10)23-3/h4-6,12-13H,7-9H2,1-3H3,(H,17,20)/t12-,13-/m1/s1. The molecule has 23 heavy (non-hydrogen) atoms. The van der Waals surface area contributed by atoms with Crippen molar-refractivity contribution in [3.63, 3.8) is 0 Å². The van der Waals surface area contributed by atoms with Gasteiger partial charge in [0.05, 0.1) is 12.0 Å². The number of nitro benzene ring substituents is 1. The molecule has 3 rings (SSSR count). The molecule has 0 spiro atoms. The number of nitrogens with zero attached hydrogens (tertiary/aromatic N) is 2. The minimum Gasteiger partial charge on any atom is -0.496 e. The third kappa shape index (κ3) is 2.71. The maximum absolute atomic E-state index is 12.3. The lowest BCUT2D eigenvalue weighted by Crippen LogP contribution is -2.40. The normalized spacial score (nSPS) is 24.0. The van der Waals surface area contributed by atoms with E-state index in [2.05, 4.69) is 19.2 Å². The zero-order valence-corrected chi connectivity index (χ0v) is 13.5. The molecule has 1 aromatic rings. The van der Waals surface area contributed by atoms with Crippen LogP contribution in [0.1, 0.15) is 19.4 Å². The van der Waals surface area contributed by atoms with E-state index in [-0.39, 0.29) is 18.3 Å². The molecule has 2 atom stereocenters. The molecule has 1 aliphatic carbocycles. The second kappa shape index (κ2) is 5.40. The molecule has 1 aromatic carbocycles. The highest BCUT2D eigenvalue weighted by Gasteiger charge is 2.62. The van der Waals surface area contributed by atoms with Crippen molar-refractivity contribution >= 4 is 11.7 Å². The summed E-state index contributed by atoms with van der Waals surface area (Å²) in [6.45, 7) is 6.27. The fourth-order valence-corrected chi connectivity index (χ4v) is 3.60. The van der Waals surface area contributed by atoms with E-state index in [4.69, 9.17) is 4.74 Å². The number of rotatable bonds is 4. The van der Waals surface area contributed by atoms with Crippen LogP contribution in [0.25, 0.3) is 0 Å². The fourth-order valence-electron chi connectivity index (χ4n) is 3.60. The number of non-ortho nitro benzene ring substituents is 1. The number of hydrogen-bond acceptors (Lipinski definition) is 4. The molecule has 1 aliphatic heterocycles. The van der Waals surface area contributed by atoms with E-state index in [1.54, 1.807) is 6.07 Å². The van der Waals surface area contributed by atoms with Gasteiger partial charge in [0.15, 0.2) is 0 Å². The molecule has 2 aliphatic rings. The van der Waals surface area contributed by atoms with Gasteiger partial charge in [0.25, 0.3) is 5.69 Å². The second-order valence-corrected chi connectivity index (χ2v) is 6.85. The molecule has 2 amide bonds. The predicted molar refractivity (Wildman–Crippen MR) is 84.2 cm³/mol. The zero-order valence-electron chi connectivity index (χ0n) is 13.5. The molecule has 1 saturated carbocycles. The Labute approximate surface area is 134 Å². The van der Waals surface area contributed by atoms with Crippen molar-refractivity contribution in [3.8, 4) is 5.75 Å². The highest BCUT2D eigenvalue weighted by atomic mass is 16.6. The van der Waals surface area contributed by atoms with Gasteiger partial charge in [-0.3, -0.25) is 10.1 Å². The Hall–Kier alpha value is -2.31. The largest absolute Gasteiger partial charge is 0.496 e. The molecule has 0 aromatic heterocycles. The summed E-state index contributed by atoms with van der Waals surface area (Å²) in [5.74, 6) is 1.72. The van der Waals surface area contributed by atoms with Gasteiger partial charge in [0.1, 0.15) is 5.75 Å². The minimum absolute atomic E-state index is 0.0146. The van der Waals surface area contributed by atoms with E-state index in [1.165, 1.54) is 19.2 Å². The van der Waals surface area contributed by atoms with Crippen LogP contribution in [-0.4, -0.2) is 36.1 Å². The summed E-state index contributed by atoms with van der Waals surface area (Å²) in [5, 5.41) is 13.7. The van der Waals surface area contributed by atoms with E-state index in [0.717, 1.165) is 13.1 Å². The van der Waals surface area contributed by atoms with Gasteiger partial charge < -0.3 is 15.0 Å². The van der Waals surface area contributed by atoms with Crippen LogP contribution in [0.5, 0.6) is 5.75 Å². The molecule has 0 radical (unpaired) electrons. The summed E-state index contributed by atoms with van der Waals surface area (Å²) in [6.07, 6.45) is 0. The molecular weight excluding hydrogens is 298 g/mol. The lowest BCUT2D eigenvalue weighted by Gasteiger charge is -2.22. The smallest absolute Gasteiger partial charge is 0.317 e. The first-order valence-electron chi connectivity index (χ1n) is 7.68. The molecule has 0 bridgehead atoms. The number of nitro groups is 1. The zero-order chi connectivity index (χ0) is 16.8. The number of methoxy groups -OCH3 is 1. The van der Waals surface area contributed by atoms with E-state index in [1.807, 2.05) is 4.90 Å². The lowest BCUT2D eigenvalue weighted by atomic mass is 10.1. The Morgan fingerprint density at radius 2 is 2.09 bits per heavy atom. The molecule has 1 heterocycles. The molecule has 1 N–H and O–H groups in total. The number of benzene rings is 1. The Bertz CT molecular complexity index is 645. The molecule has 7 nitrogen and oxygen atoms in total. The van der Waals surface area contributed by atoms with Crippen LogP contribution in [-0.2, 0) is 6.54 Å². The lowest BCUT2D eigenvalue weighted by molar-refractivity contribution is -0.384. The number of likely N-dealkylation sites (tertiary alicyclic amines) is 1. The number of carbonyl (C=O) groups is 1. The second-order valence-electron chi connectivity index (χ2n) is 6.85. The van der Waals surface area contributed by atoms with Gasteiger partial charge in [0, 0.05) is 37.3 Å². The molecule has 1 saturated heterocycles. The summed E-state index contributed by atoms with van der Waals surface area (Å²) >= 11 is 0. The van der Waals surface area contributed by atoms with Gasteiger partial charge in [-0.2, -0.15) is 0 Å². The van der Waals surface area contributed by atoms with Gasteiger partial charge in [-0.1, -0.05) is 13.8 Å². The highest BCUT2D eigenvalue weighted by Crippen LogP contribution is 2.61. The van der Waals surface area contributed by atoms with Gasteiger partial charge in [0.2, 0.25) is 0 Å². The number of fused-ring (bicyclic) bond motifs is 1. The van der Waals surface area contributed by atoms with Crippen molar-refractivity contribution in [2.45, 2.75) is 20.4 Å². The van der Waals surface area contributed by atoms with Crippen molar-refractivity contribution in [1.29, 1.82) is 0 Å². The Morgan fingerprint density at radius 1 is 1.43 bits per heavy atom. The monoisotopic (exact) mass is 319 g/mol. The van der Waals surface area contributed by atoms with Gasteiger partial charge in [-0.15, -0.1) is 0 Å². The van der Waals surface area contributed by atoms with Crippen LogP contribution >= 0.6 is 0 Å². The van der Waals surface area contributed by atoms with Crippen LogP contribution in [0.2, 0.25) is 0 Å². The first-order valence-corrected chi connectivity index (χ1v) is 7.68. The first-order chi connectivity index (χ1) is 10.8. The highest BCUT2D eigenvalue weighted by molar-refractivity contribution is 5.75. The summed E-state index contributed by atoms with van der Waals surface area (Å²) in [5.41, 5.74) is 0.944. The van der Waals surface area contributed by atoms with Gasteiger partial charge in [-0.05, 0) is 23.3 Å². The maximum atomic E-state index is 12.3. The van der Waals surface area contributed by atoms with Crippen molar-refractivity contribution in [1.82, 2.24) is 10.2 Å². The number of amides is 2. The number of piperidine rings is 1. The van der Waals surface area contributed by atoms with Gasteiger partial charge >= 0.3 is 6.03 Å². The number of hydrogen-bond donors (Lipinski definition) is 1. The van der Waals surface area contributed by atoms with Crippen LogP contribution in [0.3, 0.4) is 0 Å². The Morgan fingerprint density at radius 3 is 2.65 bits per heavy atom. The third-order valence-electron chi connectivity index (χ3n) is 5.31. The van der Waals surface area contributed by atoms with Crippen molar-refractivity contribution in [2.75, 3.05) is 20.2 Å². The number of ether oxygens (including phenoxy) is 1. The van der Waals surface area contributed by atoms with Crippen LogP contribution in [0, 0.1) is 27.4 Å². The van der Waals surface area contributed by atoms with Gasteiger partial charge in [-0.25, -0.2) is 4.79 Å². The van der Waals surface area contributed by atoms with Crippen LogP contribution in [0.4, 0.5) is 10.5 Å². The third-order valence-corrected chi connectivity index (χ3v) is 5.31. The maximum Gasteiger partial charge on any atom is 0.317 e. The summed E-state index contributed by atoms with van der Waals surface area (Å²) < 4.78 is 5.20. The quantitative estimate of drug-likeness (QED) is 0.682. The predicted octanol–water partition coefficient (Wildman–Crippen LogP) is 2.40. The van der Waals surface area contributed by atoms with Crippen molar-refractivity contribution < 1.29 is 14.5 Å². The molecular formula is C16H21N3O4. The summed E-state index contributed by atoms with van der Waals surface area (Å²) in [6, 6.07) is 4.25. The topological polar surface area (TPSA) is 84.7 Å². The Balaban J connectivity index is 1.61. The van der Waals surface area contributed by atoms with Crippen molar-refractivity contribution in [2.24, 2.45) is 17.3 Å². The molecule has 2 fully saturated rings. The van der Waals surface area contributed by atoms with E-state index in [0.29, 0.717) is 28.6 Å². The number of carbonyl (C=O) groups excluding carboxylic acids is 1. The van der Waals surface area contributed by atoms with Crippen molar-refractivity contribution in [3.05, 3.63) is 33.9 Å². The SMILES string of the molecule is COc1ccc([N+](=O)[O-])cc1CNC(=O)N1C[C@@H]2[C@@H](C1)C2(C)C. The van der Waals surface area contributed by atoms with E-state index in [9.17, 15) is 14.9 Å². The number of urea groups is 1. The van der Waals surface area contributed by atoms with Crippen LogP contribution < -0.4 is 10.1 Å². The van der Waals surface area contributed by atoms with E-state index < -0.39 is 4.92 Å². The first kappa shape index (κ1) is 15.6. The molecule has 7 heteroatoms. The average molecular weight is 319 g/mol. The fraction of sp³-hybridized carbons (Fsp3) is 0.562. The van der Waals surface area contributed by atoms with E-state index >= 15 is 0 Å². The Kier molecular flexibility index (Phi) is 3.66. The molecule has 124 valence electrons. The summed E-state index contributed by atoms with van der Waals surface area (Å²) in [4.78, 5) is 24.5. The van der Waals surface area contributed by atoms with Crippen LogP contribution in [0.15, 0.2) is 18.2 Å².